The van der Waals surface area contributed by atoms with Crippen LogP contribution in [0, 0.1) is 5.41 Å². The number of aliphatic imine (C=N–C) groups is 1. The van der Waals surface area contributed by atoms with Crippen LogP contribution < -0.4 is 0 Å². The van der Waals surface area contributed by atoms with Crippen molar-refractivity contribution in [2.24, 2.45) is 4.99 Å². The molecule has 0 rings (SSSR count). The van der Waals surface area contributed by atoms with Crippen molar-refractivity contribution in [3.63, 3.8) is 0 Å². The summed E-state index contributed by atoms with van der Waals surface area (Å²) >= 11 is 0. The Labute approximate surface area is 137 Å². The zero-order valence-electron chi connectivity index (χ0n) is 14.7. The van der Waals surface area contributed by atoms with Gasteiger partial charge in [0, 0.05) is 6.42 Å². The second kappa shape index (κ2) is 18.1. The van der Waals surface area contributed by atoms with Crippen LogP contribution in [0.3, 0.4) is 0 Å². The quantitative estimate of drug-likeness (QED) is 0.256. The molecule has 128 valence electrons. The molecule has 0 fully saturated rings. The molecule has 0 unspecified atom stereocenters. The van der Waals surface area contributed by atoms with Crippen LogP contribution in [0.4, 0.5) is 0 Å². The molecule has 0 atom stereocenters. The van der Waals surface area contributed by atoms with Crippen molar-refractivity contribution in [3.05, 3.63) is 0 Å². The van der Waals surface area contributed by atoms with Crippen molar-refractivity contribution in [2.75, 3.05) is 0 Å². The lowest BCUT2D eigenvalue weighted by molar-refractivity contribution is -0.117. The minimum absolute atomic E-state index is 0.204. The van der Waals surface area contributed by atoms with Crippen LogP contribution in [0.5, 0.6) is 0 Å². The fraction of sp³-hybridized carbons (Fsp3) is 0.895. The third-order valence-electron chi connectivity index (χ3n) is 4.17. The molecule has 22 heavy (non-hydrogen) atoms. The smallest absolute Gasteiger partial charge is 0.255 e. The van der Waals surface area contributed by atoms with Crippen molar-refractivity contribution in [1.82, 2.24) is 0 Å². The third kappa shape index (κ3) is 17.1. The van der Waals surface area contributed by atoms with Gasteiger partial charge in [-0.3, -0.25) is 4.79 Å². The Bertz CT molecular complexity index is 296. The van der Waals surface area contributed by atoms with E-state index in [0.29, 0.717) is 6.42 Å². The molecule has 0 aliphatic heterocycles. The number of carbonyl (C=O) groups is 1. The first-order valence-corrected chi connectivity index (χ1v) is 9.46. The van der Waals surface area contributed by atoms with E-state index in [1.807, 2.05) is 0 Å². The van der Waals surface area contributed by atoms with E-state index in [9.17, 15) is 4.79 Å². The Balaban J connectivity index is 3.05. The topological polar surface area (TPSA) is 53.3 Å². The first kappa shape index (κ1) is 21.0. The number of amides is 1. The number of carbonyl (C=O) groups excluding carboxylic acids is 1. The summed E-state index contributed by atoms with van der Waals surface area (Å²) in [5, 5.41) is 6.59. The number of nitrogens with one attached hydrogen (secondary N) is 1. The maximum atomic E-state index is 11.0. The Hall–Kier alpha value is -0.950. The summed E-state index contributed by atoms with van der Waals surface area (Å²) in [6.45, 7) is 2.27. The summed E-state index contributed by atoms with van der Waals surface area (Å²) in [7, 11) is 0. The average Bonchev–Trinajstić information content (AvgIpc) is 2.51. The lowest BCUT2D eigenvalue weighted by atomic mass is 10.0. The molecule has 0 bridgehead atoms. The number of unbranched alkanes of at least 4 members (excludes halogenated alkanes) is 14. The van der Waals surface area contributed by atoms with Crippen LogP contribution in [-0.2, 0) is 4.79 Å². The van der Waals surface area contributed by atoms with Gasteiger partial charge in [0.05, 0.1) is 6.01 Å². The highest BCUT2D eigenvalue weighted by Crippen LogP contribution is 2.13. The highest BCUT2D eigenvalue weighted by Gasteiger charge is 1.98. The molecule has 1 amide bonds. The van der Waals surface area contributed by atoms with Crippen LogP contribution >= 0.6 is 0 Å². The fourth-order valence-corrected chi connectivity index (χ4v) is 2.77. The predicted octanol–water partition coefficient (Wildman–Crippen LogP) is 6.53. The zero-order valence-corrected chi connectivity index (χ0v) is 14.7. The summed E-state index contributed by atoms with van der Waals surface area (Å²) < 4.78 is 0. The number of rotatable bonds is 16. The Morgan fingerprint density at radius 3 is 1.45 bits per heavy atom. The largest absolute Gasteiger partial charge is 0.272 e. The fourth-order valence-electron chi connectivity index (χ4n) is 2.77. The molecule has 0 saturated carbocycles. The minimum Gasteiger partial charge on any atom is -0.272 e. The van der Waals surface area contributed by atoms with Gasteiger partial charge in [0.15, 0.2) is 0 Å². The van der Waals surface area contributed by atoms with Gasteiger partial charge < -0.3 is 0 Å². The summed E-state index contributed by atoms with van der Waals surface area (Å²) in [5.41, 5.74) is 0. The van der Waals surface area contributed by atoms with Crippen molar-refractivity contribution in [1.29, 1.82) is 5.41 Å². The molecule has 1 N–H and O–H groups in total. The van der Waals surface area contributed by atoms with Crippen molar-refractivity contribution in [2.45, 2.75) is 110 Å². The van der Waals surface area contributed by atoms with E-state index in [4.69, 9.17) is 5.41 Å². The van der Waals surface area contributed by atoms with E-state index in [1.165, 1.54) is 83.5 Å². The highest BCUT2D eigenvalue weighted by molar-refractivity contribution is 5.81. The predicted molar refractivity (Wildman–Crippen MR) is 94.7 cm³/mol. The van der Waals surface area contributed by atoms with E-state index in [-0.39, 0.29) is 5.91 Å². The second-order valence-electron chi connectivity index (χ2n) is 6.32. The molecule has 0 spiro atoms. The molecular weight excluding hydrogens is 272 g/mol. The molecule has 0 radical (unpaired) electrons. The van der Waals surface area contributed by atoms with Gasteiger partial charge in [-0.1, -0.05) is 96.8 Å². The molecule has 0 aromatic rings. The summed E-state index contributed by atoms with van der Waals surface area (Å²) in [4.78, 5) is 14.3. The van der Waals surface area contributed by atoms with Crippen LogP contribution in [0.25, 0.3) is 0 Å². The maximum Gasteiger partial charge on any atom is 0.255 e. The molecule has 0 aromatic carbocycles. The Morgan fingerprint density at radius 2 is 1.09 bits per heavy atom. The molecule has 0 aliphatic rings. The number of hydrogen-bond donors (Lipinski definition) is 1. The van der Waals surface area contributed by atoms with Crippen LogP contribution in [0.15, 0.2) is 4.99 Å². The van der Waals surface area contributed by atoms with E-state index in [1.54, 1.807) is 6.01 Å². The molecule has 3 nitrogen and oxygen atoms in total. The first-order chi connectivity index (χ1) is 10.8. The summed E-state index contributed by atoms with van der Waals surface area (Å²) in [5.74, 6) is -0.204. The molecule has 0 saturated heterocycles. The molecule has 0 aliphatic carbocycles. The van der Waals surface area contributed by atoms with E-state index < -0.39 is 0 Å². The van der Waals surface area contributed by atoms with Gasteiger partial charge in [0.1, 0.15) is 0 Å². The normalized spacial score (nSPS) is 10.4. The minimum atomic E-state index is -0.204. The van der Waals surface area contributed by atoms with Gasteiger partial charge >= 0.3 is 0 Å². The lowest BCUT2D eigenvalue weighted by Gasteiger charge is -2.03. The van der Waals surface area contributed by atoms with E-state index >= 15 is 0 Å². The third-order valence-corrected chi connectivity index (χ3v) is 4.17. The van der Waals surface area contributed by atoms with Crippen molar-refractivity contribution in [3.8, 4) is 0 Å². The summed E-state index contributed by atoms with van der Waals surface area (Å²) in [6, 6.07) is 1.80. The average molecular weight is 309 g/mol. The van der Waals surface area contributed by atoms with Gasteiger partial charge in [-0.2, -0.15) is 4.99 Å². The number of hydrogen-bond acceptors (Lipinski definition) is 2. The lowest BCUT2D eigenvalue weighted by Crippen LogP contribution is -1.92. The molecule has 0 heterocycles. The Morgan fingerprint density at radius 1 is 0.727 bits per heavy atom. The van der Waals surface area contributed by atoms with Crippen LogP contribution in [-0.4, -0.2) is 11.9 Å². The molecular formula is C19H36N2O. The monoisotopic (exact) mass is 308 g/mol. The number of nitrogens with zero attached hydrogens (tertiary/aromatic N) is 1. The zero-order chi connectivity index (χ0) is 16.3. The standard InChI is InChI=1S/C19H36N2O/c1-2-3-4-5-6-7-8-9-10-11-12-13-14-15-16-17-19(22)21-18-20/h20H,2-17H2,1H3. The van der Waals surface area contributed by atoms with Crippen LogP contribution in [0.1, 0.15) is 110 Å². The van der Waals surface area contributed by atoms with Crippen molar-refractivity contribution >= 4 is 11.9 Å². The van der Waals surface area contributed by atoms with Gasteiger partial charge in [-0.15, -0.1) is 0 Å². The van der Waals surface area contributed by atoms with Gasteiger partial charge in [0.2, 0.25) is 0 Å². The second-order valence-corrected chi connectivity index (χ2v) is 6.32. The Kier molecular flexibility index (Phi) is 17.3. The molecule has 0 aromatic heterocycles. The van der Waals surface area contributed by atoms with Gasteiger partial charge in [0.25, 0.3) is 5.91 Å². The highest BCUT2D eigenvalue weighted by atomic mass is 16.1. The molecule has 3 heteroatoms. The maximum absolute atomic E-state index is 11.0. The van der Waals surface area contributed by atoms with Crippen LogP contribution in [0.2, 0.25) is 0 Å². The van der Waals surface area contributed by atoms with Gasteiger partial charge in [-0.05, 0) is 6.42 Å². The first-order valence-electron chi connectivity index (χ1n) is 9.46. The van der Waals surface area contributed by atoms with Gasteiger partial charge in [-0.25, -0.2) is 5.41 Å². The van der Waals surface area contributed by atoms with Crippen molar-refractivity contribution < 1.29 is 4.79 Å². The van der Waals surface area contributed by atoms with E-state index in [0.717, 1.165) is 12.8 Å². The SMILES string of the molecule is CCCCCCCCCCCCCCCCCC(=O)N=C=N. The summed E-state index contributed by atoms with van der Waals surface area (Å²) in [6.07, 6.45) is 20.4. The van der Waals surface area contributed by atoms with E-state index in [2.05, 4.69) is 11.9 Å².